The number of amides is 1. The van der Waals surface area contributed by atoms with E-state index in [1.165, 1.54) is 0 Å². The second-order valence-corrected chi connectivity index (χ2v) is 3.64. The topological polar surface area (TPSA) is 41.1 Å². The van der Waals surface area contributed by atoms with Crippen molar-refractivity contribution in [2.75, 3.05) is 18.9 Å². The second-order valence-electron chi connectivity index (χ2n) is 2.82. The number of carbonyl (C=O) groups is 1. The van der Waals surface area contributed by atoms with E-state index >= 15 is 0 Å². The first-order chi connectivity index (χ1) is 7.04. The van der Waals surface area contributed by atoms with Crippen LogP contribution in [0.5, 0.6) is 0 Å². The van der Waals surface area contributed by atoms with Gasteiger partial charge in [0.15, 0.2) is 0 Å². The van der Waals surface area contributed by atoms with Crippen LogP contribution in [0.3, 0.4) is 0 Å². The molecule has 0 aliphatic carbocycles. The van der Waals surface area contributed by atoms with Crippen LogP contribution >= 0.6 is 23.2 Å². The minimum atomic E-state index is -0.545. The maximum absolute atomic E-state index is 12.8. The quantitative estimate of drug-likeness (QED) is 0.865. The number of hydrogen-bond acceptors (Lipinski definition) is 2. The summed E-state index contributed by atoms with van der Waals surface area (Å²) in [5.41, 5.74) is 0.222. The van der Waals surface area contributed by atoms with Crippen LogP contribution in [0.15, 0.2) is 12.1 Å². The summed E-state index contributed by atoms with van der Waals surface area (Å²) in [7, 11) is 1.63. The molecule has 1 rings (SSSR count). The average Bonchev–Trinajstić information content (AvgIpc) is 2.11. The predicted molar refractivity (Wildman–Crippen MR) is 59.0 cm³/mol. The van der Waals surface area contributed by atoms with Gasteiger partial charge in [-0.25, -0.2) is 4.39 Å². The molecule has 1 amide bonds. The lowest BCUT2D eigenvalue weighted by Crippen LogP contribution is -2.25. The molecule has 82 valence electrons. The monoisotopic (exact) mass is 250 g/mol. The van der Waals surface area contributed by atoms with Crippen LogP contribution in [0.1, 0.15) is 0 Å². The zero-order valence-electron chi connectivity index (χ0n) is 7.90. The van der Waals surface area contributed by atoms with E-state index in [1.807, 2.05) is 0 Å². The molecule has 0 heterocycles. The fourth-order valence-electron chi connectivity index (χ4n) is 1.01. The van der Waals surface area contributed by atoms with Crippen molar-refractivity contribution in [1.82, 2.24) is 5.32 Å². The van der Waals surface area contributed by atoms with Crippen LogP contribution in [0.25, 0.3) is 0 Å². The lowest BCUT2D eigenvalue weighted by Gasteiger charge is -2.08. The van der Waals surface area contributed by atoms with Gasteiger partial charge in [-0.1, -0.05) is 23.2 Å². The van der Waals surface area contributed by atoms with Gasteiger partial charge < -0.3 is 10.6 Å². The number of benzene rings is 1. The van der Waals surface area contributed by atoms with Gasteiger partial charge in [0.05, 0.1) is 22.3 Å². The summed E-state index contributed by atoms with van der Waals surface area (Å²) in [6, 6.07) is 2.17. The van der Waals surface area contributed by atoms with Crippen LogP contribution in [0, 0.1) is 5.82 Å². The fraction of sp³-hybridized carbons (Fsp3) is 0.222. The van der Waals surface area contributed by atoms with Gasteiger partial charge in [-0.2, -0.15) is 0 Å². The molecule has 0 spiro atoms. The molecule has 0 atom stereocenters. The molecule has 3 nitrogen and oxygen atoms in total. The molecule has 0 aliphatic heterocycles. The number of anilines is 1. The average molecular weight is 251 g/mol. The van der Waals surface area contributed by atoms with E-state index in [4.69, 9.17) is 23.2 Å². The molecular formula is C9H9Cl2FN2O. The Hall–Kier alpha value is -0.840. The third-order valence-electron chi connectivity index (χ3n) is 1.61. The Morgan fingerprint density at radius 2 is 1.93 bits per heavy atom. The molecule has 0 unspecified atom stereocenters. The Bertz CT molecular complexity index is 361. The number of likely N-dealkylation sites (N-methyl/N-ethyl adjacent to an activating group) is 1. The van der Waals surface area contributed by atoms with E-state index in [2.05, 4.69) is 10.6 Å². The lowest BCUT2D eigenvalue weighted by molar-refractivity contribution is -0.115. The van der Waals surface area contributed by atoms with Crippen LogP contribution < -0.4 is 10.6 Å². The van der Waals surface area contributed by atoms with Gasteiger partial charge in [0.25, 0.3) is 0 Å². The summed E-state index contributed by atoms with van der Waals surface area (Å²) >= 11 is 11.4. The molecule has 6 heteroatoms. The Morgan fingerprint density at radius 1 is 1.40 bits per heavy atom. The van der Waals surface area contributed by atoms with Gasteiger partial charge in [0, 0.05) is 0 Å². The van der Waals surface area contributed by atoms with E-state index in [-0.39, 0.29) is 28.2 Å². The molecule has 0 saturated carbocycles. The SMILES string of the molecule is CNCC(=O)Nc1c(Cl)cc(F)cc1Cl. The van der Waals surface area contributed by atoms with Gasteiger partial charge in [-0.3, -0.25) is 4.79 Å². The second kappa shape index (κ2) is 5.30. The Balaban J connectivity index is 2.90. The third-order valence-corrected chi connectivity index (χ3v) is 2.20. The van der Waals surface area contributed by atoms with Crippen molar-refractivity contribution in [3.8, 4) is 0 Å². The molecule has 1 aromatic carbocycles. The highest BCUT2D eigenvalue weighted by Crippen LogP contribution is 2.31. The normalized spacial score (nSPS) is 10.1. The summed E-state index contributed by atoms with van der Waals surface area (Å²) < 4.78 is 12.8. The van der Waals surface area contributed by atoms with Crippen molar-refractivity contribution >= 4 is 34.8 Å². The van der Waals surface area contributed by atoms with Gasteiger partial charge in [-0.15, -0.1) is 0 Å². The Kier molecular flexibility index (Phi) is 4.32. The summed E-state index contributed by atoms with van der Waals surface area (Å²) in [5.74, 6) is -0.843. The molecule has 0 aromatic heterocycles. The number of rotatable bonds is 3. The third kappa shape index (κ3) is 3.34. The molecule has 2 N–H and O–H groups in total. The Morgan fingerprint density at radius 3 is 2.40 bits per heavy atom. The van der Waals surface area contributed by atoms with Gasteiger partial charge >= 0.3 is 0 Å². The summed E-state index contributed by atoms with van der Waals surface area (Å²) in [4.78, 5) is 11.2. The molecule has 0 aliphatic rings. The maximum Gasteiger partial charge on any atom is 0.238 e. The number of hydrogen-bond donors (Lipinski definition) is 2. The lowest BCUT2D eigenvalue weighted by atomic mass is 10.3. The van der Waals surface area contributed by atoms with Crippen molar-refractivity contribution in [1.29, 1.82) is 0 Å². The highest BCUT2D eigenvalue weighted by atomic mass is 35.5. The van der Waals surface area contributed by atoms with Crippen molar-refractivity contribution in [2.24, 2.45) is 0 Å². The zero-order valence-corrected chi connectivity index (χ0v) is 9.42. The van der Waals surface area contributed by atoms with Crippen LogP contribution in [-0.4, -0.2) is 19.5 Å². The van der Waals surface area contributed by atoms with E-state index in [0.29, 0.717) is 0 Å². The zero-order chi connectivity index (χ0) is 11.4. The molecule has 15 heavy (non-hydrogen) atoms. The maximum atomic E-state index is 12.8. The summed E-state index contributed by atoms with van der Waals surface area (Å²) in [5, 5.41) is 5.29. The minimum absolute atomic E-state index is 0.0736. The number of halogens is 3. The van der Waals surface area contributed by atoms with Gasteiger partial charge in [-0.05, 0) is 19.2 Å². The first-order valence-electron chi connectivity index (χ1n) is 4.13. The standard InChI is InChI=1S/C9H9Cl2FN2O/c1-13-4-8(15)14-9-6(10)2-5(12)3-7(9)11/h2-3,13H,4H2,1H3,(H,14,15). The first kappa shape index (κ1) is 12.2. The molecule has 0 radical (unpaired) electrons. The smallest absolute Gasteiger partial charge is 0.238 e. The highest BCUT2D eigenvalue weighted by Gasteiger charge is 2.10. The number of carbonyl (C=O) groups excluding carboxylic acids is 1. The first-order valence-corrected chi connectivity index (χ1v) is 4.89. The van der Waals surface area contributed by atoms with Crippen molar-refractivity contribution in [2.45, 2.75) is 0 Å². The summed E-state index contributed by atoms with van der Waals surface area (Å²) in [6.45, 7) is 0.129. The van der Waals surface area contributed by atoms with Crippen molar-refractivity contribution < 1.29 is 9.18 Å². The molecular weight excluding hydrogens is 242 g/mol. The van der Waals surface area contributed by atoms with Crippen LogP contribution in [-0.2, 0) is 4.79 Å². The fourth-order valence-corrected chi connectivity index (χ4v) is 1.56. The predicted octanol–water partition coefficient (Wildman–Crippen LogP) is 2.29. The minimum Gasteiger partial charge on any atom is -0.322 e. The molecule has 0 fully saturated rings. The van der Waals surface area contributed by atoms with Gasteiger partial charge in [0.1, 0.15) is 5.82 Å². The highest BCUT2D eigenvalue weighted by molar-refractivity contribution is 6.39. The number of nitrogens with one attached hydrogen (secondary N) is 2. The van der Waals surface area contributed by atoms with Gasteiger partial charge in [0.2, 0.25) is 5.91 Å². The van der Waals surface area contributed by atoms with Crippen LogP contribution in [0.4, 0.5) is 10.1 Å². The van der Waals surface area contributed by atoms with Crippen molar-refractivity contribution in [3.05, 3.63) is 28.0 Å². The van der Waals surface area contributed by atoms with E-state index in [9.17, 15) is 9.18 Å². The molecule has 0 saturated heterocycles. The van der Waals surface area contributed by atoms with Crippen LogP contribution in [0.2, 0.25) is 10.0 Å². The van der Waals surface area contributed by atoms with E-state index in [1.54, 1.807) is 7.05 Å². The van der Waals surface area contributed by atoms with E-state index in [0.717, 1.165) is 12.1 Å². The Labute approximate surface area is 96.6 Å². The van der Waals surface area contributed by atoms with E-state index < -0.39 is 5.82 Å². The molecule has 1 aromatic rings. The largest absolute Gasteiger partial charge is 0.322 e. The van der Waals surface area contributed by atoms with Crippen molar-refractivity contribution in [3.63, 3.8) is 0 Å². The molecule has 0 bridgehead atoms. The summed E-state index contributed by atoms with van der Waals surface area (Å²) in [6.07, 6.45) is 0.